The van der Waals surface area contributed by atoms with Gasteiger partial charge in [0.1, 0.15) is 0 Å². The van der Waals surface area contributed by atoms with Crippen LogP contribution in [0.2, 0.25) is 0 Å². The molecule has 1 saturated heterocycles. The Bertz CT molecular complexity index is 847. The number of hydrogen-bond acceptors (Lipinski definition) is 7. The van der Waals surface area contributed by atoms with E-state index in [1.165, 1.54) is 25.7 Å². The zero-order chi connectivity index (χ0) is 22.7. The monoisotopic (exact) mass is 444 g/mol. The summed E-state index contributed by atoms with van der Waals surface area (Å²) in [5, 5.41) is 3.20. The van der Waals surface area contributed by atoms with Gasteiger partial charge in [0.2, 0.25) is 6.10 Å². The van der Waals surface area contributed by atoms with Gasteiger partial charge in [0, 0.05) is 6.04 Å². The van der Waals surface area contributed by atoms with Gasteiger partial charge in [0.05, 0.1) is 24.6 Å². The topological polar surface area (TPSA) is 97.5 Å². The summed E-state index contributed by atoms with van der Waals surface area (Å²) in [6.07, 6.45) is 5.33. The minimum atomic E-state index is -0.842. The van der Waals surface area contributed by atoms with Crippen LogP contribution < -0.4 is 10.2 Å². The molecule has 1 N–H and O–H groups in total. The molecular weight excluding hydrogens is 412 g/mol. The van der Waals surface area contributed by atoms with E-state index < -0.39 is 30.2 Å². The number of fused-ring (bicyclic) bond motifs is 2. The second-order valence-corrected chi connectivity index (χ2v) is 8.81. The molecule has 8 nitrogen and oxygen atoms in total. The molecule has 4 rings (SSSR count). The molecule has 0 spiro atoms. The van der Waals surface area contributed by atoms with Crippen molar-refractivity contribution in [2.24, 2.45) is 11.8 Å². The first-order valence-electron chi connectivity index (χ1n) is 11.7. The Kier molecular flexibility index (Phi) is 6.98. The summed E-state index contributed by atoms with van der Waals surface area (Å²) >= 11 is 0. The van der Waals surface area contributed by atoms with E-state index in [0.29, 0.717) is 23.2 Å². The van der Waals surface area contributed by atoms with Crippen LogP contribution in [-0.2, 0) is 28.6 Å². The molecule has 3 aliphatic rings. The summed E-state index contributed by atoms with van der Waals surface area (Å²) < 4.78 is 15.5. The lowest BCUT2D eigenvalue weighted by Gasteiger charge is -2.43. The van der Waals surface area contributed by atoms with E-state index in [0.717, 1.165) is 12.8 Å². The van der Waals surface area contributed by atoms with Crippen molar-refractivity contribution in [3.8, 4) is 0 Å². The lowest BCUT2D eigenvalue weighted by atomic mass is 9.70. The number of anilines is 2. The zero-order valence-corrected chi connectivity index (χ0v) is 18.7. The minimum Gasteiger partial charge on any atom is -0.464 e. The van der Waals surface area contributed by atoms with Gasteiger partial charge in [0.25, 0.3) is 0 Å². The van der Waals surface area contributed by atoms with Crippen molar-refractivity contribution in [3.05, 3.63) is 24.3 Å². The Morgan fingerprint density at radius 2 is 1.72 bits per heavy atom. The number of amides is 1. The van der Waals surface area contributed by atoms with Crippen molar-refractivity contribution < 1.29 is 28.6 Å². The molecule has 4 atom stereocenters. The molecule has 174 valence electrons. The van der Waals surface area contributed by atoms with Crippen molar-refractivity contribution in [2.45, 2.75) is 70.7 Å². The Hall–Kier alpha value is -2.61. The third-order valence-corrected chi connectivity index (χ3v) is 6.61. The minimum absolute atomic E-state index is 0.0696. The first kappa shape index (κ1) is 22.6. The lowest BCUT2D eigenvalue weighted by molar-refractivity contribution is -0.153. The Labute approximate surface area is 188 Å². The first-order chi connectivity index (χ1) is 15.5. The molecule has 2 saturated carbocycles. The fourth-order valence-electron chi connectivity index (χ4n) is 5.26. The number of benzene rings is 1. The molecule has 1 heterocycles. The smallest absolute Gasteiger partial charge is 0.397 e. The van der Waals surface area contributed by atoms with Crippen LogP contribution in [0.3, 0.4) is 0 Å². The third kappa shape index (κ3) is 4.90. The Morgan fingerprint density at radius 3 is 2.41 bits per heavy atom. The van der Waals surface area contributed by atoms with Crippen molar-refractivity contribution in [3.63, 3.8) is 0 Å². The van der Waals surface area contributed by atoms with Crippen LogP contribution in [0, 0.1) is 11.8 Å². The molecule has 2 aliphatic carbocycles. The average Bonchev–Trinajstić information content (AvgIpc) is 3.54. The van der Waals surface area contributed by atoms with E-state index in [9.17, 15) is 14.4 Å². The molecule has 0 radical (unpaired) electrons. The van der Waals surface area contributed by atoms with Crippen LogP contribution in [0.15, 0.2) is 24.3 Å². The standard InChI is InChI=1S/C24H32N2O6/c1-3-30-23(28)20-21(32-20)25-18-10-5-6-11-19(18)26(22(27)24(29)31-4-2)17-13-15-8-7-9-16(12-15)14-17/h5-6,10-11,15-17,20-21,25H,3-4,7-9,12-14H2,1-2H3. The summed E-state index contributed by atoms with van der Waals surface area (Å²) in [5.41, 5.74) is 1.24. The van der Waals surface area contributed by atoms with Gasteiger partial charge in [-0.2, -0.15) is 0 Å². The second kappa shape index (κ2) is 9.90. The molecule has 1 aromatic carbocycles. The number of hydrogen-bond donors (Lipinski definition) is 1. The van der Waals surface area contributed by atoms with Crippen molar-refractivity contribution in [1.82, 2.24) is 0 Å². The highest BCUT2D eigenvalue weighted by molar-refractivity contribution is 6.38. The molecular formula is C24H32N2O6. The van der Waals surface area contributed by atoms with E-state index >= 15 is 0 Å². The number of rotatable bonds is 7. The number of nitrogens with zero attached hydrogens (tertiary/aromatic N) is 1. The summed E-state index contributed by atoms with van der Waals surface area (Å²) in [7, 11) is 0. The fraction of sp³-hybridized carbons (Fsp3) is 0.625. The van der Waals surface area contributed by atoms with Crippen LogP contribution in [0.1, 0.15) is 52.4 Å². The number of epoxide rings is 1. The van der Waals surface area contributed by atoms with E-state index in [1.54, 1.807) is 18.7 Å². The summed E-state index contributed by atoms with van der Waals surface area (Å²) in [4.78, 5) is 39.3. The fourth-order valence-corrected chi connectivity index (χ4v) is 5.26. The molecule has 4 unspecified atom stereocenters. The molecule has 32 heavy (non-hydrogen) atoms. The highest BCUT2D eigenvalue weighted by Gasteiger charge is 2.47. The normalized spacial score (nSPS) is 28.4. The molecule has 3 fully saturated rings. The van der Waals surface area contributed by atoms with Crippen molar-refractivity contribution in [2.75, 3.05) is 23.4 Å². The van der Waals surface area contributed by atoms with Gasteiger partial charge in [-0.05, 0) is 57.1 Å². The summed E-state index contributed by atoms with van der Waals surface area (Å²) in [6, 6.07) is 7.27. The number of esters is 2. The van der Waals surface area contributed by atoms with Crippen molar-refractivity contribution >= 4 is 29.2 Å². The SMILES string of the molecule is CCOC(=O)C(=O)N(c1ccccc1NC1OC1C(=O)OCC)C1CC2CCCC(C2)C1. The number of ether oxygens (including phenoxy) is 3. The van der Waals surface area contributed by atoms with E-state index in [-0.39, 0.29) is 19.3 Å². The van der Waals surface area contributed by atoms with Crippen LogP contribution in [0.25, 0.3) is 0 Å². The van der Waals surface area contributed by atoms with Crippen LogP contribution in [0.4, 0.5) is 11.4 Å². The Balaban J connectivity index is 1.59. The quantitative estimate of drug-likeness (QED) is 0.392. The van der Waals surface area contributed by atoms with Crippen LogP contribution >= 0.6 is 0 Å². The number of nitrogens with one attached hydrogen (secondary N) is 1. The molecule has 8 heteroatoms. The second-order valence-electron chi connectivity index (χ2n) is 8.81. The van der Waals surface area contributed by atoms with E-state index in [4.69, 9.17) is 14.2 Å². The predicted molar refractivity (Wildman–Crippen MR) is 118 cm³/mol. The maximum absolute atomic E-state index is 13.3. The molecule has 1 amide bonds. The van der Waals surface area contributed by atoms with Gasteiger partial charge in [-0.15, -0.1) is 0 Å². The highest BCUT2D eigenvalue weighted by atomic mass is 16.6. The van der Waals surface area contributed by atoms with Crippen LogP contribution in [0.5, 0.6) is 0 Å². The summed E-state index contributed by atoms with van der Waals surface area (Å²) in [6.45, 7) is 3.87. The van der Waals surface area contributed by atoms with Gasteiger partial charge in [0.15, 0.2) is 6.23 Å². The third-order valence-electron chi connectivity index (χ3n) is 6.61. The highest BCUT2D eigenvalue weighted by Crippen LogP contribution is 2.43. The largest absolute Gasteiger partial charge is 0.464 e. The molecule has 2 bridgehead atoms. The average molecular weight is 445 g/mol. The van der Waals surface area contributed by atoms with Crippen LogP contribution in [-0.4, -0.2) is 49.4 Å². The predicted octanol–water partition coefficient (Wildman–Crippen LogP) is 3.25. The van der Waals surface area contributed by atoms with Gasteiger partial charge >= 0.3 is 17.8 Å². The maximum atomic E-state index is 13.3. The number of para-hydroxylation sites is 2. The maximum Gasteiger partial charge on any atom is 0.397 e. The lowest BCUT2D eigenvalue weighted by Crippen LogP contribution is -2.49. The van der Waals surface area contributed by atoms with Gasteiger partial charge < -0.3 is 19.5 Å². The van der Waals surface area contributed by atoms with Gasteiger partial charge in [-0.3, -0.25) is 9.69 Å². The van der Waals surface area contributed by atoms with E-state index in [2.05, 4.69) is 5.32 Å². The van der Waals surface area contributed by atoms with E-state index in [1.807, 2.05) is 24.3 Å². The summed E-state index contributed by atoms with van der Waals surface area (Å²) in [5.74, 6) is -0.757. The number of carbonyl (C=O) groups excluding carboxylic acids is 3. The Morgan fingerprint density at radius 1 is 1.03 bits per heavy atom. The molecule has 1 aliphatic heterocycles. The number of carbonyl (C=O) groups is 3. The van der Waals surface area contributed by atoms with Crippen molar-refractivity contribution in [1.29, 1.82) is 0 Å². The first-order valence-corrected chi connectivity index (χ1v) is 11.7. The molecule has 1 aromatic rings. The zero-order valence-electron chi connectivity index (χ0n) is 18.7. The molecule has 0 aromatic heterocycles. The van der Waals surface area contributed by atoms with Gasteiger partial charge in [-0.1, -0.05) is 31.4 Å². The van der Waals surface area contributed by atoms with Gasteiger partial charge in [-0.25, -0.2) is 9.59 Å².